The maximum absolute atomic E-state index is 14.0. The number of halogens is 2. The first-order valence-electron chi connectivity index (χ1n) is 7.59. The number of anilines is 1. The van der Waals surface area contributed by atoms with Gasteiger partial charge in [-0.25, -0.2) is 4.39 Å². The molecule has 23 heavy (non-hydrogen) atoms. The molecule has 2 heterocycles. The molecule has 0 radical (unpaired) electrons. The van der Waals surface area contributed by atoms with Crippen LogP contribution in [0.4, 0.5) is 10.1 Å². The second-order valence-electron chi connectivity index (χ2n) is 6.13. The normalized spacial score (nSPS) is 20.9. The number of carbonyl (C=O) groups excluding carboxylic acids is 2. The lowest BCUT2D eigenvalue weighted by atomic mass is 10.0. The van der Waals surface area contributed by atoms with Gasteiger partial charge in [0.2, 0.25) is 11.8 Å². The Balaban J connectivity index is 0.00000192. The van der Waals surface area contributed by atoms with E-state index in [-0.39, 0.29) is 42.9 Å². The highest BCUT2D eigenvalue weighted by atomic mass is 35.5. The molecule has 1 atom stereocenters. The number of nitrogens with zero attached hydrogens (tertiary/aromatic N) is 1. The Morgan fingerprint density at radius 2 is 2.17 bits per heavy atom. The van der Waals surface area contributed by atoms with E-state index in [4.69, 9.17) is 0 Å². The van der Waals surface area contributed by atoms with Gasteiger partial charge in [0.15, 0.2) is 0 Å². The minimum absolute atomic E-state index is 0. The Hall–Kier alpha value is -1.66. The fourth-order valence-electron chi connectivity index (χ4n) is 2.83. The van der Waals surface area contributed by atoms with Gasteiger partial charge in [-0.2, -0.15) is 0 Å². The SMILES string of the molecule is Cc1ccc(N2CC(C(=O)NCC3CNC3)CC2=O)c(F)c1.Cl. The van der Waals surface area contributed by atoms with Crippen molar-refractivity contribution in [2.45, 2.75) is 13.3 Å². The van der Waals surface area contributed by atoms with Crippen molar-refractivity contribution in [2.24, 2.45) is 11.8 Å². The summed E-state index contributed by atoms with van der Waals surface area (Å²) < 4.78 is 14.0. The van der Waals surface area contributed by atoms with Crippen LogP contribution in [0.5, 0.6) is 0 Å². The van der Waals surface area contributed by atoms with Gasteiger partial charge in [0.1, 0.15) is 5.82 Å². The van der Waals surface area contributed by atoms with Gasteiger partial charge in [-0.15, -0.1) is 12.4 Å². The summed E-state index contributed by atoms with van der Waals surface area (Å²) in [5, 5.41) is 6.04. The molecule has 2 N–H and O–H groups in total. The topological polar surface area (TPSA) is 61.4 Å². The van der Waals surface area contributed by atoms with E-state index in [9.17, 15) is 14.0 Å². The number of benzene rings is 1. The van der Waals surface area contributed by atoms with Crippen molar-refractivity contribution in [3.8, 4) is 0 Å². The number of carbonyl (C=O) groups is 2. The van der Waals surface area contributed by atoms with Crippen molar-refractivity contribution in [3.05, 3.63) is 29.6 Å². The van der Waals surface area contributed by atoms with E-state index in [1.165, 1.54) is 11.0 Å². The summed E-state index contributed by atoms with van der Waals surface area (Å²) in [5.41, 5.74) is 1.06. The Morgan fingerprint density at radius 3 is 2.78 bits per heavy atom. The van der Waals surface area contributed by atoms with Gasteiger partial charge in [-0.1, -0.05) is 6.07 Å². The van der Waals surface area contributed by atoms with Crippen molar-refractivity contribution < 1.29 is 14.0 Å². The second-order valence-corrected chi connectivity index (χ2v) is 6.13. The third-order valence-electron chi connectivity index (χ3n) is 4.32. The average molecular weight is 342 g/mol. The maximum Gasteiger partial charge on any atom is 0.227 e. The molecule has 126 valence electrons. The van der Waals surface area contributed by atoms with Crippen LogP contribution in [0.3, 0.4) is 0 Å². The Bertz CT molecular complexity index is 607. The molecule has 2 aliphatic rings. The molecule has 2 saturated heterocycles. The summed E-state index contributed by atoms with van der Waals surface area (Å²) in [7, 11) is 0. The number of rotatable bonds is 4. The maximum atomic E-state index is 14.0. The highest BCUT2D eigenvalue weighted by Crippen LogP contribution is 2.28. The molecule has 1 unspecified atom stereocenters. The number of amides is 2. The molecule has 1 aromatic carbocycles. The highest BCUT2D eigenvalue weighted by Gasteiger charge is 2.36. The molecule has 2 amide bonds. The predicted molar refractivity (Wildman–Crippen MR) is 88.2 cm³/mol. The third-order valence-corrected chi connectivity index (χ3v) is 4.32. The van der Waals surface area contributed by atoms with Crippen molar-refractivity contribution in [1.82, 2.24) is 10.6 Å². The van der Waals surface area contributed by atoms with Crippen LogP contribution in [0.2, 0.25) is 0 Å². The molecular formula is C16H21ClFN3O2. The van der Waals surface area contributed by atoms with E-state index < -0.39 is 11.7 Å². The zero-order valence-corrected chi connectivity index (χ0v) is 13.8. The highest BCUT2D eigenvalue weighted by molar-refractivity contribution is 6.00. The van der Waals surface area contributed by atoms with E-state index in [0.717, 1.165) is 18.7 Å². The summed E-state index contributed by atoms with van der Waals surface area (Å²) in [6, 6.07) is 4.77. The first-order valence-corrected chi connectivity index (χ1v) is 7.59. The van der Waals surface area contributed by atoms with Crippen LogP contribution in [-0.4, -0.2) is 38.0 Å². The Morgan fingerprint density at radius 1 is 1.43 bits per heavy atom. The minimum Gasteiger partial charge on any atom is -0.355 e. The van der Waals surface area contributed by atoms with Gasteiger partial charge in [-0.3, -0.25) is 9.59 Å². The predicted octanol–water partition coefficient (Wildman–Crippen LogP) is 1.24. The minimum atomic E-state index is -0.421. The van der Waals surface area contributed by atoms with Crippen LogP contribution in [0.1, 0.15) is 12.0 Å². The first-order chi connectivity index (χ1) is 10.5. The van der Waals surface area contributed by atoms with Gasteiger partial charge in [0.25, 0.3) is 0 Å². The monoisotopic (exact) mass is 341 g/mol. The molecule has 3 rings (SSSR count). The van der Waals surface area contributed by atoms with Gasteiger partial charge in [0, 0.05) is 38.5 Å². The zero-order valence-electron chi connectivity index (χ0n) is 13.0. The summed E-state index contributed by atoms with van der Waals surface area (Å²) >= 11 is 0. The van der Waals surface area contributed by atoms with Gasteiger partial charge >= 0.3 is 0 Å². The molecule has 0 spiro atoms. The van der Waals surface area contributed by atoms with Crippen LogP contribution < -0.4 is 15.5 Å². The smallest absolute Gasteiger partial charge is 0.227 e. The van der Waals surface area contributed by atoms with Crippen LogP contribution in [0.25, 0.3) is 0 Å². The molecule has 2 fully saturated rings. The molecule has 0 aliphatic carbocycles. The lowest BCUT2D eigenvalue weighted by molar-refractivity contribution is -0.126. The number of hydrogen-bond donors (Lipinski definition) is 2. The molecule has 5 nitrogen and oxygen atoms in total. The summed E-state index contributed by atoms with van der Waals surface area (Å²) in [6.07, 6.45) is 0.141. The number of hydrogen-bond acceptors (Lipinski definition) is 3. The molecule has 0 aromatic heterocycles. The molecule has 0 saturated carbocycles. The fourth-order valence-corrected chi connectivity index (χ4v) is 2.83. The van der Waals surface area contributed by atoms with E-state index in [1.807, 2.05) is 0 Å². The largest absolute Gasteiger partial charge is 0.355 e. The molecule has 7 heteroatoms. The fraction of sp³-hybridized carbons (Fsp3) is 0.500. The van der Waals surface area contributed by atoms with Crippen LogP contribution in [0.15, 0.2) is 18.2 Å². The summed E-state index contributed by atoms with van der Waals surface area (Å²) in [6.45, 7) is 4.52. The lowest BCUT2D eigenvalue weighted by Crippen LogP contribution is -2.49. The lowest BCUT2D eigenvalue weighted by Gasteiger charge is -2.27. The van der Waals surface area contributed by atoms with Crippen molar-refractivity contribution in [3.63, 3.8) is 0 Å². The molecular weight excluding hydrogens is 321 g/mol. The molecule has 0 bridgehead atoms. The van der Waals surface area contributed by atoms with E-state index in [1.54, 1.807) is 19.1 Å². The van der Waals surface area contributed by atoms with Crippen LogP contribution in [-0.2, 0) is 9.59 Å². The standard InChI is InChI=1S/C16H20FN3O2.ClH/c1-10-2-3-14(13(17)4-10)20-9-12(5-15(20)21)16(22)19-8-11-6-18-7-11;/h2-4,11-12,18H,5-9H2,1H3,(H,19,22);1H. The summed E-state index contributed by atoms with van der Waals surface area (Å²) in [5.74, 6) is -0.661. The molecule has 2 aliphatic heterocycles. The van der Waals surface area contributed by atoms with Gasteiger partial charge < -0.3 is 15.5 Å². The number of aryl methyl sites for hydroxylation is 1. The zero-order chi connectivity index (χ0) is 15.7. The van der Waals surface area contributed by atoms with E-state index in [0.29, 0.717) is 12.5 Å². The first kappa shape index (κ1) is 17.7. The van der Waals surface area contributed by atoms with E-state index in [2.05, 4.69) is 10.6 Å². The summed E-state index contributed by atoms with van der Waals surface area (Å²) in [4.78, 5) is 25.6. The van der Waals surface area contributed by atoms with Gasteiger partial charge in [-0.05, 0) is 24.6 Å². The van der Waals surface area contributed by atoms with Crippen molar-refractivity contribution >= 4 is 29.9 Å². The van der Waals surface area contributed by atoms with Crippen molar-refractivity contribution in [2.75, 3.05) is 31.1 Å². The van der Waals surface area contributed by atoms with Gasteiger partial charge in [0.05, 0.1) is 11.6 Å². The van der Waals surface area contributed by atoms with Crippen LogP contribution in [0, 0.1) is 24.6 Å². The average Bonchev–Trinajstić information content (AvgIpc) is 2.79. The third kappa shape index (κ3) is 3.82. The second kappa shape index (κ2) is 7.27. The Kier molecular flexibility index (Phi) is 5.59. The molecule has 1 aromatic rings. The van der Waals surface area contributed by atoms with E-state index >= 15 is 0 Å². The number of nitrogens with one attached hydrogen (secondary N) is 2. The van der Waals surface area contributed by atoms with Crippen LogP contribution >= 0.6 is 12.4 Å². The quantitative estimate of drug-likeness (QED) is 0.866. The van der Waals surface area contributed by atoms with Crippen molar-refractivity contribution in [1.29, 1.82) is 0 Å². The Labute approximate surface area is 141 Å².